The van der Waals surface area contributed by atoms with Gasteiger partial charge in [-0.2, -0.15) is 0 Å². The van der Waals surface area contributed by atoms with E-state index < -0.39 is 0 Å². The van der Waals surface area contributed by atoms with E-state index in [4.69, 9.17) is 10.2 Å². The van der Waals surface area contributed by atoms with E-state index in [1.54, 1.807) is 6.07 Å². The van der Waals surface area contributed by atoms with E-state index in [1.807, 2.05) is 18.2 Å². The summed E-state index contributed by atoms with van der Waals surface area (Å²) in [5.74, 6) is 1.71. The van der Waals surface area contributed by atoms with Gasteiger partial charge in [-0.1, -0.05) is 0 Å². The first kappa shape index (κ1) is 12.3. The molecule has 0 spiro atoms. The number of carbonyl (C=O) groups is 1. The summed E-state index contributed by atoms with van der Waals surface area (Å²) in [5.41, 5.74) is 10.0. The first-order chi connectivity index (χ1) is 10.2. The minimum absolute atomic E-state index is 0.107. The fourth-order valence-electron chi connectivity index (χ4n) is 3.08. The normalized spacial score (nSPS) is 18.5. The van der Waals surface area contributed by atoms with Gasteiger partial charge in [0.05, 0.1) is 5.57 Å². The van der Waals surface area contributed by atoms with Gasteiger partial charge in [0.2, 0.25) is 0 Å². The minimum atomic E-state index is -0.107. The summed E-state index contributed by atoms with van der Waals surface area (Å²) in [6, 6.07) is 7.49. The van der Waals surface area contributed by atoms with Gasteiger partial charge in [-0.15, -0.1) is 0 Å². The molecule has 1 aliphatic carbocycles. The number of anilines is 2. The van der Waals surface area contributed by atoms with Gasteiger partial charge in [0.15, 0.2) is 0 Å². The second kappa shape index (κ2) is 4.52. The maximum Gasteiger partial charge on any atom is 0.256 e. The van der Waals surface area contributed by atoms with E-state index >= 15 is 0 Å². The van der Waals surface area contributed by atoms with Crippen LogP contribution in [-0.2, 0) is 17.6 Å². The van der Waals surface area contributed by atoms with Crippen molar-refractivity contribution in [1.29, 1.82) is 0 Å². The Balaban J connectivity index is 1.78. The van der Waals surface area contributed by atoms with Gasteiger partial charge in [-0.25, -0.2) is 0 Å². The fourth-order valence-corrected chi connectivity index (χ4v) is 3.08. The second-order valence-corrected chi connectivity index (χ2v) is 5.62. The molecular weight excluding hydrogens is 264 g/mol. The van der Waals surface area contributed by atoms with Gasteiger partial charge in [0.1, 0.15) is 11.5 Å². The SMILES string of the molecule is Nc1ccc2c(c1)C(=Cc1cc3c(o1)CCCC3)C(=O)N2. The van der Waals surface area contributed by atoms with Crippen molar-refractivity contribution >= 4 is 28.9 Å². The number of hydrogen-bond donors (Lipinski definition) is 2. The predicted octanol–water partition coefficient (Wildman–Crippen LogP) is 3.23. The number of benzene rings is 1. The number of furan rings is 1. The number of hydrogen-bond acceptors (Lipinski definition) is 3. The van der Waals surface area contributed by atoms with Gasteiger partial charge in [-0.3, -0.25) is 4.79 Å². The number of rotatable bonds is 1. The zero-order valence-corrected chi connectivity index (χ0v) is 11.6. The Bertz CT molecular complexity index is 748. The Morgan fingerprint density at radius 3 is 2.90 bits per heavy atom. The summed E-state index contributed by atoms with van der Waals surface area (Å²) in [5, 5.41) is 2.85. The van der Waals surface area contributed by atoms with E-state index in [1.165, 1.54) is 18.4 Å². The highest BCUT2D eigenvalue weighted by atomic mass is 16.3. The smallest absolute Gasteiger partial charge is 0.256 e. The first-order valence-corrected chi connectivity index (χ1v) is 7.25. The third kappa shape index (κ3) is 2.03. The third-order valence-electron chi connectivity index (χ3n) is 4.13. The molecule has 3 N–H and O–H groups in total. The zero-order chi connectivity index (χ0) is 14.4. The lowest BCUT2D eigenvalue weighted by Crippen LogP contribution is -2.03. The lowest BCUT2D eigenvalue weighted by atomic mass is 9.98. The fraction of sp³-hybridized carbons (Fsp3) is 0.235. The van der Waals surface area contributed by atoms with Crippen LogP contribution in [0.1, 0.15) is 35.5 Å². The summed E-state index contributed by atoms with van der Waals surface area (Å²) in [6.07, 6.45) is 6.27. The van der Waals surface area contributed by atoms with Crippen LogP contribution in [0.4, 0.5) is 11.4 Å². The average molecular weight is 280 g/mol. The van der Waals surface area contributed by atoms with Gasteiger partial charge < -0.3 is 15.5 Å². The Hall–Kier alpha value is -2.49. The van der Waals surface area contributed by atoms with Crippen LogP contribution in [0.25, 0.3) is 11.6 Å². The molecule has 1 aromatic heterocycles. The van der Waals surface area contributed by atoms with E-state index in [2.05, 4.69) is 11.4 Å². The molecule has 4 heteroatoms. The molecule has 4 nitrogen and oxygen atoms in total. The van der Waals surface area contributed by atoms with Gasteiger partial charge in [0.25, 0.3) is 5.91 Å². The quantitative estimate of drug-likeness (QED) is 0.622. The van der Waals surface area contributed by atoms with Crippen molar-refractivity contribution in [1.82, 2.24) is 0 Å². The summed E-state index contributed by atoms with van der Waals surface area (Å²) in [4.78, 5) is 12.1. The van der Waals surface area contributed by atoms with Gasteiger partial charge in [0, 0.05) is 23.4 Å². The van der Waals surface area contributed by atoms with Crippen LogP contribution in [-0.4, -0.2) is 5.91 Å². The maximum absolute atomic E-state index is 12.1. The molecule has 0 radical (unpaired) electrons. The maximum atomic E-state index is 12.1. The van der Waals surface area contributed by atoms with Crippen LogP contribution >= 0.6 is 0 Å². The van der Waals surface area contributed by atoms with Crippen LogP contribution in [0.5, 0.6) is 0 Å². The summed E-state index contributed by atoms with van der Waals surface area (Å²) in [6.45, 7) is 0. The molecule has 0 saturated heterocycles. The third-order valence-corrected chi connectivity index (χ3v) is 4.13. The lowest BCUT2D eigenvalue weighted by Gasteiger charge is -2.07. The monoisotopic (exact) mass is 280 g/mol. The molecule has 2 aliphatic rings. The largest absolute Gasteiger partial charge is 0.461 e. The number of nitrogens with two attached hydrogens (primary N) is 1. The van der Waals surface area contributed by atoms with E-state index in [0.717, 1.165) is 35.6 Å². The molecule has 0 saturated carbocycles. The Morgan fingerprint density at radius 2 is 2.05 bits per heavy atom. The standard InChI is InChI=1S/C17H16N2O2/c18-11-5-6-15-13(8-11)14(17(20)19-15)9-12-7-10-3-1-2-4-16(10)21-12/h5-9H,1-4,18H2,(H,19,20). The molecule has 21 heavy (non-hydrogen) atoms. The van der Waals surface area contributed by atoms with Crippen molar-refractivity contribution < 1.29 is 9.21 Å². The Labute approximate surface area is 122 Å². The molecule has 0 unspecified atom stereocenters. The summed E-state index contributed by atoms with van der Waals surface area (Å²) < 4.78 is 5.87. The van der Waals surface area contributed by atoms with E-state index in [9.17, 15) is 4.79 Å². The topological polar surface area (TPSA) is 68.3 Å². The summed E-state index contributed by atoms with van der Waals surface area (Å²) in [7, 11) is 0. The highest BCUT2D eigenvalue weighted by Crippen LogP contribution is 2.35. The number of aryl methyl sites for hydroxylation is 2. The molecule has 106 valence electrons. The number of nitrogen functional groups attached to an aromatic ring is 1. The number of amides is 1. The second-order valence-electron chi connectivity index (χ2n) is 5.62. The van der Waals surface area contributed by atoms with Crippen molar-refractivity contribution in [3.63, 3.8) is 0 Å². The Kier molecular flexibility index (Phi) is 2.64. The number of fused-ring (bicyclic) bond motifs is 2. The van der Waals surface area contributed by atoms with Crippen LogP contribution in [0.2, 0.25) is 0 Å². The molecule has 0 bridgehead atoms. The number of carbonyl (C=O) groups excluding carboxylic acids is 1. The van der Waals surface area contributed by atoms with Crippen molar-refractivity contribution in [2.75, 3.05) is 11.1 Å². The summed E-state index contributed by atoms with van der Waals surface area (Å²) >= 11 is 0. The van der Waals surface area contributed by atoms with E-state index in [-0.39, 0.29) is 5.91 Å². The van der Waals surface area contributed by atoms with Crippen molar-refractivity contribution in [3.8, 4) is 0 Å². The molecule has 0 atom stereocenters. The van der Waals surface area contributed by atoms with Crippen molar-refractivity contribution in [2.24, 2.45) is 0 Å². The van der Waals surface area contributed by atoms with Gasteiger partial charge in [-0.05, 0) is 55.2 Å². The predicted molar refractivity (Wildman–Crippen MR) is 82.7 cm³/mol. The molecule has 1 aliphatic heterocycles. The van der Waals surface area contributed by atoms with Crippen LogP contribution in [0.3, 0.4) is 0 Å². The van der Waals surface area contributed by atoms with Crippen LogP contribution in [0.15, 0.2) is 28.7 Å². The zero-order valence-electron chi connectivity index (χ0n) is 11.6. The molecule has 1 amide bonds. The minimum Gasteiger partial charge on any atom is -0.461 e. The highest BCUT2D eigenvalue weighted by molar-refractivity contribution is 6.34. The van der Waals surface area contributed by atoms with E-state index in [0.29, 0.717) is 11.3 Å². The number of nitrogens with one attached hydrogen (secondary N) is 1. The first-order valence-electron chi connectivity index (χ1n) is 7.25. The molecular formula is C17H16N2O2. The molecule has 1 aromatic carbocycles. The average Bonchev–Trinajstić information content (AvgIpc) is 3.01. The van der Waals surface area contributed by atoms with Crippen LogP contribution < -0.4 is 11.1 Å². The molecule has 0 fully saturated rings. The molecule has 2 heterocycles. The molecule has 4 rings (SSSR count). The van der Waals surface area contributed by atoms with Crippen molar-refractivity contribution in [2.45, 2.75) is 25.7 Å². The Morgan fingerprint density at radius 1 is 1.19 bits per heavy atom. The van der Waals surface area contributed by atoms with Crippen LogP contribution in [0, 0.1) is 0 Å². The molecule has 2 aromatic rings. The van der Waals surface area contributed by atoms with Gasteiger partial charge >= 0.3 is 0 Å². The highest BCUT2D eigenvalue weighted by Gasteiger charge is 2.25. The lowest BCUT2D eigenvalue weighted by molar-refractivity contribution is -0.110. The van der Waals surface area contributed by atoms with Crippen molar-refractivity contribution in [3.05, 3.63) is 46.9 Å².